The summed E-state index contributed by atoms with van der Waals surface area (Å²) in [6.07, 6.45) is 0. The van der Waals surface area contributed by atoms with E-state index in [-0.39, 0.29) is 18.6 Å². The molecule has 0 unspecified atom stereocenters. The van der Waals surface area contributed by atoms with Crippen molar-refractivity contribution in [3.05, 3.63) is 28.5 Å². The highest BCUT2D eigenvalue weighted by molar-refractivity contribution is 9.10. The van der Waals surface area contributed by atoms with Gasteiger partial charge in [0.05, 0.1) is 13.1 Å². The molecule has 2 rings (SSSR count). The van der Waals surface area contributed by atoms with Gasteiger partial charge in [-0.3, -0.25) is 14.5 Å². The Morgan fingerprint density at radius 2 is 1.79 bits per heavy atom. The molecule has 0 bridgehead atoms. The molecule has 0 radical (unpaired) electrons. The van der Waals surface area contributed by atoms with Crippen molar-refractivity contribution in [3.63, 3.8) is 0 Å². The van der Waals surface area contributed by atoms with E-state index in [2.05, 4.69) is 15.9 Å². The molecule has 1 aliphatic rings. The highest BCUT2D eigenvalue weighted by Gasteiger charge is 2.34. The Labute approximate surface area is 117 Å². The van der Waals surface area contributed by atoms with Crippen molar-refractivity contribution in [1.82, 2.24) is 4.90 Å². The Hall–Kier alpha value is -1.41. The van der Waals surface area contributed by atoms with Gasteiger partial charge in [-0.1, -0.05) is 15.9 Å². The van der Waals surface area contributed by atoms with Crippen molar-refractivity contribution in [2.75, 3.05) is 20.1 Å². The zero-order valence-electron chi connectivity index (χ0n) is 10.1. The van der Waals surface area contributed by atoms with Gasteiger partial charge in [-0.15, -0.1) is 0 Å². The molecule has 1 saturated heterocycles. The van der Waals surface area contributed by atoms with E-state index in [1.807, 2.05) is 0 Å². The van der Waals surface area contributed by atoms with Crippen LogP contribution < -0.4 is 5.46 Å². The quantitative estimate of drug-likeness (QED) is 0.694. The number of carbonyl (C=O) groups excluding carboxylic acids is 2. The van der Waals surface area contributed by atoms with Crippen LogP contribution in [0.15, 0.2) is 22.7 Å². The minimum Gasteiger partial charge on any atom is -0.494 e. The topological polar surface area (TPSA) is 55.8 Å². The molecule has 1 fully saturated rings. The fourth-order valence-electron chi connectivity index (χ4n) is 1.68. The monoisotopic (exact) mass is 329 g/mol. The Balaban J connectivity index is 2.26. The molecule has 1 heterocycles. The molecular formula is C11H10BBrFNO4. The molecule has 1 aliphatic heterocycles. The number of benzene rings is 1. The molecule has 5 nitrogen and oxygen atoms in total. The van der Waals surface area contributed by atoms with Gasteiger partial charge in [-0.2, -0.15) is 0 Å². The van der Waals surface area contributed by atoms with Crippen LogP contribution in [-0.2, 0) is 18.9 Å². The maximum Gasteiger partial charge on any atom is 0.636 e. The van der Waals surface area contributed by atoms with Crippen LogP contribution in [0.4, 0.5) is 4.39 Å². The number of hydrogen-bond donors (Lipinski definition) is 0. The minimum absolute atomic E-state index is 0.0257. The Bertz CT molecular complexity index is 487. The van der Waals surface area contributed by atoms with Crippen molar-refractivity contribution < 1.29 is 23.3 Å². The first-order valence-corrected chi connectivity index (χ1v) is 6.27. The first-order chi connectivity index (χ1) is 8.94. The first kappa shape index (κ1) is 14.0. The summed E-state index contributed by atoms with van der Waals surface area (Å²) in [5, 5.41) is 0. The second-order valence-electron chi connectivity index (χ2n) is 4.19. The molecule has 0 aliphatic carbocycles. The van der Waals surface area contributed by atoms with Gasteiger partial charge >= 0.3 is 19.1 Å². The third kappa shape index (κ3) is 3.78. The molecule has 0 aromatic heterocycles. The van der Waals surface area contributed by atoms with Crippen LogP contribution in [0.5, 0.6) is 0 Å². The van der Waals surface area contributed by atoms with Crippen LogP contribution in [0.3, 0.4) is 0 Å². The fraction of sp³-hybridized carbons (Fsp3) is 0.273. The Kier molecular flexibility index (Phi) is 4.21. The lowest BCUT2D eigenvalue weighted by atomic mass is 9.78. The summed E-state index contributed by atoms with van der Waals surface area (Å²) in [6.45, 7) is -0.0514. The third-order valence-electron chi connectivity index (χ3n) is 2.43. The highest BCUT2D eigenvalue weighted by Crippen LogP contribution is 2.11. The summed E-state index contributed by atoms with van der Waals surface area (Å²) in [5.41, 5.74) is 0.262. The lowest BCUT2D eigenvalue weighted by molar-refractivity contribution is -0.145. The fourth-order valence-corrected chi connectivity index (χ4v) is 2.16. The van der Waals surface area contributed by atoms with E-state index in [0.717, 1.165) is 6.07 Å². The van der Waals surface area contributed by atoms with Crippen LogP contribution in [0.1, 0.15) is 0 Å². The number of likely N-dealkylation sites (N-methyl/N-ethyl adjacent to an activating group) is 1. The van der Waals surface area contributed by atoms with Gasteiger partial charge in [0.15, 0.2) is 0 Å². The van der Waals surface area contributed by atoms with Crippen LogP contribution in [0.2, 0.25) is 0 Å². The second kappa shape index (κ2) is 5.71. The van der Waals surface area contributed by atoms with E-state index in [9.17, 15) is 14.0 Å². The molecule has 0 atom stereocenters. The van der Waals surface area contributed by atoms with Crippen molar-refractivity contribution in [2.45, 2.75) is 0 Å². The molecular weight excluding hydrogens is 320 g/mol. The van der Waals surface area contributed by atoms with E-state index in [4.69, 9.17) is 9.31 Å². The standard InChI is InChI=1S/C11H10BBrFNO4/c1-15-5-10(16)18-12(19-11(17)6-15)7-2-8(13)4-9(14)3-7/h2-4H,5-6H2,1H3. The summed E-state index contributed by atoms with van der Waals surface area (Å²) >= 11 is 3.13. The zero-order chi connectivity index (χ0) is 14.0. The molecule has 1 aromatic carbocycles. The summed E-state index contributed by atoms with van der Waals surface area (Å²) in [4.78, 5) is 24.6. The lowest BCUT2D eigenvalue weighted by Crippen LogP contribution is -2.47. The van der Waals surface area contributed by atoms with Gasteiger partial charge in [0.1, 0.15) is 5.82 Å². The molecule has 0 spiro atoms. The number of nitrogens with zero attached hydrogens (tertiary/aromatic N) is 1. The van der Waals surface area contributed by atoms with E-state index < -0.39 is 24.9 Å². The minimum atomic E-state index is -1.22. The van der Waals surface area contributed by atoms with Crippen molar-refractivity contribution in [1.29, 1.82) is 0 Å². The van der Waals surface area contributed by atoms with Crippen molar-refractivity contribution >= 4 is 40.4 Å². The maximum absolute atomic E-state index is 13.3. The Morgan fingerprint density at radius 1 is 1.21 bits per heavy atom. The van der Waals surface area contributed by atoms with Crippen LogP contribution >= 0.6 is 15.9 Å². The molecule has 100 valence electrons. The average molecular weight is 330 g/mol. The second-order valence-corrected chi connectivity index (χ2v) is 5.10. The van der Waals surface area contributed by atoms with Crippen LogP contribution in [0, 0.1) is 5.82 Å². The number of rotatable bonds is 1. The number of hydrogen-bond acceptors (Lipinski definition) is 5. The molecule has 1 aromatic rings. The normalized spacial score (nSPS) is 17.5. The predicted octanol–water partition coefficient (Wildman–Crippen LogP) is 0.315. The van der Waals surface area contributed by atoms with Crippen molar-refractivity contribution in [2.24, 2.45) is 0 Å². The van der Waals surface area contributed by atoms with E-state index in [1.165, 1.54) is 17.0 Å². The zero-order valence-corrected chi connectivity index (χ0v) is 11.6. The number of halogens is 2. The van der Waals surface area contributed by atoms with Gasteiger partial charge in [-0.25, -0.2) is 4.39 Å². The molecule has 0 amide bonds. The predicted molar refractivity (Wildman–Crippen MR) is 69.2 cm³/mol. The molecule has 0 N–H and O–H groups in total. The van der Waals surface area contributed by atoms with Crippen molar-refractivity contribution in [3.8, 4) is 0 Å². The number of carbonyl (C=O) groups is 2. The SMILES string of the molecule is CN1CC(=O)OB(c2cc(F)cc(Br)c2)OC(=O)C1. The van der Waals surface area contributed by atoms with E-state index in [1.54, 1.807) is 7.05 Å². The van der Waals surface area contributed by atoms with E-state index >= 15 is 0 Å². The maximum atomic E-state index is 13.3. The average Bonchev–Trinajstić information content (AvgIpc) is 2.24. The van der Waals surface area contributed by atoms with Crippen LogP contribution in [-0.4, -0.2) is 44.1 Å². The van der Waals surface area contributed by atoms with Gasteiger partial charge < -0.3 is 9.31 Å². The van der Waals surface area contributed by atoms with Gasteiger partial charge in [0.25, 0.3) is 0 Å². The summed E-state index contributed by atoms with van der Waals surface area (Å²) in [7, 11) is 0.377. The highest BCUT2D eigenvalue weighted by atomic mass is 79.9. The van der Waals surface area contributed by atoms with E-state index in [0.29, 0.717) is 4.47 Å². The molecule has 0 saturated carbocycles. The van der Waals surface area contributed by atoms with Gasteiger partial charge in [0.2, 0.25) is 0 Å². The summed E-state index contributed by atoms with van der Waals surface area (Å²) in [6, 6.07) is 3.94. The molecule has 8 heteroatoms. The Morgan fingerprint density at radius 3 is 2.32 bits per heavy atom. The van der Waals surface area contributed by atoms with Crippen LogP contribution in [0.25, 0.3) is 0 Å². The summed E-state index contributed by atoms with van der Waals surface area (Å²) < 4.78 is 23.8. The molecule has 19 heavy (non-hydrogen) atoms. The third-order valence-corrected chi connectivity index (χ3v) is 2.89. The summed E-state index contributed by atoms with van der Waals surface area (Å²) in [5.74, 6) is -1.60. The smallest absolute Gasteiger partial charge is 0.494 e. The van der Waals surface area contributed by atoms with Gasteiger partial charge in [-0.05, 0) is 25.2 Å². The largest absolute Gasteiger partial charge is 0.636 e. The lowest BCUT2D eigenvalue weighted by Gasteiger charge is -2.22. The first-order valence-electron chi connectivity index (χ1n) is 5.47. The van der Waals surface area contributed by atoms with Gasteiger partial charge in [0, 0.05) is 9.94 Å².